The van der Waals surface area contributed by atoms with Crippen LogP contribution in [0.5, 0.6) is 5.75 Å². The lowest BCUT2D eigenvalue weighted by molar-refractivity contribution is -0.142. The number of hydrogen-bond donors (Lipinski definition) is 1. The van der Waals surface area contributed by atoms with Crippen molar-refractivity contribution in [2.45, 2.75) is 51.5 Å². The molecular formula is C26H33N3O3S. The van der Waals surface area contributed by atoms with Crippen LogP contribution in [0.4, 0.5) is 0 Å². The first-order valence-electron chi connectivity index (χ1n) is 11.6. The highest BCUT2D eigenvalue weighted by atomic mass is 32.1. The second-order valence-corrected chi connectivity index (χ2v) is 8.94. The molecule has 2 aromatic carbocycles. The van der Waals surface area contributed by atoms with Gasteiger partial charge in [0.15, 0.2) is 0 Å². The number of rotatable bonds is 13. The first-order chi connectivity index (χ1) is 16.1. The van der Waals surface area contributed by atoms with E-state index in [-0.39, 0.29) is 12.0 Å². The Bertz CT molecular complexity index is 987. The summed E-state index contributed by atoms with van der Waals surface area (Å²) in [5, 5.41) is 13.5. The van der Waals surface area contributed by atoms with Crippen LogP contribution in [-0.2, 0) is 16.0 Å². The highest BCUT2D eigenvalue weighted by molar-refractivity contribution is 7.17. The first kappa shape index (κ1) is 24.9. The van der Waals surface area contributed by atoms with Crippen molar-refractivity contribution < 1.29 is 14.3 Å². The summed E-state index contributed by atoms with van der Waals surface area (Å²) in [6.45, 7) is 2.99. The topological polar surface area (TPSA) is 73.3 Å². The predicted molar refractivity (Wildman–Crippen MR) is 134 cm³/mol. The van der Waals surface area contributed by atoms with Crippen LogP contribution >= 0.6 is 11.3 Å². The molecule has 6 nitrogen and oxygen atoms in total. The summed E-state index contributed by atoms with van der Waals surface area (Å²) in [6, 6.07) is 15.8. The molecule has 3 aromatic rings. The van der Waals surface area contributed by atoms with Gasteiger partial charge < -0.3 is 14.8 Å². The van der Waals surface area contributed by atoms with Gasteiger partial charge in [0.1, 0.15) is 21.8 Å². The van der Waals surface area contributed by atoms with Crippen molar-refractivity contribution >= 4 is 17.3 Å². The first-order valence-corrected chi connectivity index (χ1v) is 12.4. The molecule has 0 aliphatic heterocycles. The van der Waals surface area contributed by atoms with E-state index in [9.17, 15) is 4.79 Å². The lowest BCUT2D eigenvalue weighted by atomic mass is 10.0. The average molecular weight is 468 g/mol. The molecule has 0 bridgehead atoms. The van der Waals surface area contributed by atoms with Crippen molar-refractivity contribution in [2.24, 2.45) is 0 Å². The number of nitrogens with zero attached hydrogens (tertiary/aromatic N) is 2. The van der Waals surface area contributed by atoms with Crippen LogP contribution in [0.1, 0.15) is 44.6 Å². The number of hydrogen-bond acceptors (Lipinski definition) is 7. The highest BCUT2D eigenvalue weighted by Crippen LogP contribution is 2.31. The number of carbonyl (C=O) groups is 1. The molecule has 0 radical (unpaired) electrons. The molecule has 33 heavy (non-hydrogen) atoms. The van der Waals surface area contributed by atoms with Gasteiger partial charge in [-0.05, 0) is 49.7 Å². The van der Waals surface area contributed by atoms with Gasteiger partial charge in [-0.25, -0.2) is 0 Å². The fourth-order valence-electron chi connectivity index (χ4n) is 3.51. The Morgan fingerprint density at radius 3 is 2.12 bits per heavy atom. The molecule has 1 aromatic heterocycles. The minimum atomic E-state index is -0.359. The summed E-state index contributed by atoms with van der Waals surface area (Å²) in [7, 11) is 3.16. The summed E-state index contributed by atoms with van der Waals surface area (Å²) in [5.41, 5.74) is 3.08. The van der Waals surface area contributed by atoms with E-state index in [0.717, 1.165) is 45.5 Å². The Labute approximate surface area is 200 Å². The molecule has 176 valence electrons. The monoisotopic (exact) mass is 467 g/mol. The second kappa shape index (κ2) is 13.1. The molecule has 3 rings (SSSR count). The fraction of sp³-hybridized carbons (Fsp3) is 0.423. The summed E-state index contributed by atoms with van der Waals surface area (Å²) in [5.74, 6) is 0.625. The number of esters is 1. The maximum Gasteiger partial charge on any atom is 0.323 e. The quantitative estimate of drug-likeness (QED) is 0.263. The van der Waals surface area contributed by atoms with E-state index >= 15 is 0 Å². The van der Waals surface area contributed by atoms with Crippen molar-refractivity contribution in [1.29, 1.82) is 0 Å². The van der Waals surface area contributed by atoms with Gasteiger partial charge in [0.2, 0.25) is 0 Å². The second-order valence-electron chi connectivity index (χ2n) is 7.96. The maximum absolute atomic E-state index is 11.8. The summed E-state index contributed by atoms with van der Waals surface area (Å²) < 4.78 is 10.7. The van der Waals surface area contributed by atoms with E-state index in [0.29, 0.717) is 6.42 Å². The predicted octanol–water partition coefficient (Wildman–Crippen LogP) is 5.52. The summed E-state index contributed by atoms with van der Waals surface area (Å²) in [4.78, 5) is 11.8. The minimum absolute atomic E-state index is 0.265. The van der Waals surface area contributed by atoms with Gasteiger partial charge in [0, 0.05) is 11.1 Å². The average Bonchev–Trinajstić information content (AvgIpc) is 3.35. The van der Waals surface area contributed by atoms with Crippen molar-refractivity contribution in [3.63, 3.8) is 0 Å². The molecule has 0 aliphatic rings. The van der Waals surface area contributed by atoms with Crippen LogP contribution in [0.25, 0.3) is 21.1 Å². The van der Waals surface area contributed by atoms with E-state index < -0.39 is 0 Å². The molecule has 0 amide bonds. The van der Waals surface area contributed by atoms with Gasteiger partial charge in [-0.1, -0.05) is 68.2 Å². The van der Waals surface area contributed by atoms with E-state index in [4.69, 9.17) is 9.47 Å². The lowest BCUT2D eigenvalue weighted by Gasteiger charge is -2.13. The Kier molecular flexibility index (Phi) is 9.84. The fourth-order valence-corrected chi connectivity index (χ4v) is 4.36. The van der Waals surface area contributed by atoms with Crippen LogP contribution in [0.3, 0.4) is 0 Å². The molecule has 0 fully saturated rings. The van der Waals surface area contributed by atoms with E-state index in [1.807, 2.05) is 48.5 Å². The Morgan fingerprint density at radius 1 is 0.939 bits per heavy atom. The standard InChI is InChI=1S/C26H33N3O3S/c1-4-5-6-7-8-17-32-22-15-13-21(14-16-22)25-29-28-24(33-25)20-11-9-19(10-12-20)18-23(27-2)26(30)31-3/h9-16,23,27H,4-8,17-18H2,1-3H3. The maximum atomic E-state index is 11.8. The minimum Gasteiger partial charge on any atom is -0.494 e. The molecule has 1 atom stereocenters. The van der Waals surface area contributed by atoms with Gasteiger partial charge in [-0.2, -0.15) is 0 Å². The zero-order valence-corrected chi connectivity index (χ0v) is 20.5. The third-order valence-electron chi connectivity index (χ3n) is 5.52. The Morgan fingerprint density at radius 2 is 1.55 bits per heavy atom. The lowest BCUT2D eigenvalue weighted by Crippen LogP contribution is -2.36. The molecular weight excluding hydrogens is 434 g/mol. The Balaban J connectivity index is 1.56. The third-order valence-corrected chi connectivity index (χ3v) is 6.54. The van der Waals surface area contributed by atoms with Gasteiger partial charge in [-0.15, -0.1) is 10.2 Å². The number of benzene rings is 2. The van der Waals surface area contributed by atoms with Crippen LogP contribution in [0.2, 0.25) is 0 Å². The van der Waals surface area contributed by atoms with E-state index in [2.05, 4.69) is 22.4 Å². The molecule has 0 saturated carbocycles. The number of aromatic nitrogens is 2. The zero-order chi connectivity index (χ0) is 23.5. The van der Waals surface area contributed by atoms with Crippen molar-refractivity contribution in [2.75, 3.05) is 20.8 Å². The molecule has 7 heteroatoms. The summed E-state index contributed by atoms with van der Waals surface area (Å²) >= 11 is 1.56. The van der Waals surface area contributed by atoms with Gasteiger partial charge >= 0.3 is 5.97 Å². The van der Waals surface area contributed by atoms with Gasteiger partial charge in [-0.3, -0.25) is 4.79 Å². The number of unbranched alkanes of at least 4 members (excludes halogenated alkanes) is 4. The molecule has 1 N–H and O–H groups in total. The molecule has 0 saturated heterocycles. The van der Waals surface area contributed by atoms with Gasteiger partial charge in [0.05, 0.1) is 13.7 Å². The summed E-state index contributed by atoms with van der Waals surface area (Å²) in [6.07, 6.45) is 6.73. The third kappa shape index (κ3) is 7.37. The molecule has 0 spiro atoms. The number of carbonyl (C=O) groups excluding carboxylic acids is 1. The Hall–Kier alpha value is -2.77. The van der Waals surface area contributed by atoms with Crippen molar-refractivity contribution in [3.8, 4) is 26.9 Å². The number of nitrogens with one attached hydrogen (secondary N) is 1. The van der Waals surface area contributed by atoms with Crippen LogP contribution < -0.4 is 10.1 Å². The molecule has 1 unspecified atom stereocenters. The van der Waals surface area contributed by atoms with Crippen molar-refractivity contribution in [3.05, 3.63) is 54.1 Å². The van der Waals surface area contributed by atoms with Crippen LogP contribution in [-0.4, -0.2) is 43.0 Å². The number of methoxy groups -OCH3 is 1. The highest BCUT2D eigenvalue weighted by Gasteiger charge is 2.17. The molecule has 1 heterocycles. The number of ether oxygens (including phenoxy) is 2. The molecule has 0 aliphatic carbocycles. The van der Waals surface area contributed by atoms with Crippen molar-refractivity contribution in [1.82, 2.24) is 15.5 Å². The van der Waals surface area contributed by atoms with Gasteiger partial charge in [0.25, 0.3) is 0 Å². The van der Waals surface area contributed by atoms with Crippen LogP contribution in [0.15, 0.2) is 48.5 Å². The van der Waals surface area contributed by atoms with E-state index in [1.165, 1.54) is 32.8 Å². The largest absolute Gasteiger partial charge is 0.494 e. The van der Waals surface area contributed by atoms with Crippen LogP contribution in [0, 0.1) is 0 Å². The SMILES string of the molecule is CCCCCCCOc1ccc(-c2nnc(-c3ccc(CC(NC)C(=O)OC)cc3)s2)cc1. The van der Waals surface area contributed by atoms with E-state index in [1.54, 1.807) is 18.4 Å². The zero-order valence-electron chi connectivity index (χ0n) is 19.7. The normalized spacial score (nSPS) is 11.8. The smallest absolute Gasteiger partial charge is 0.323 e. The number of likely N-dealkylation sites (N-methyl/N-ethyl adjacent to an activating group) is 1.